The summed E-state index contributed by atoms with van der Waals surface area (Å²) >= 11 is 0. The Morgan fingerprint density at radius 1 is 1.00 bits per heavy atom. The molecule has 0 atom stereocenters. The van der Waals surface area contributed by atoms with Gasteiger partial charge in [0.1, 0.15) is 29.5 Å². The summed E-state index contributed by atoms with van der Waals surface area (Å²) in [4.78, 5) is 23.5. The summed E-state index contributed by atoms with van der Waals surface area (Å²) in [6, 6.07) is 10.3. The van der Waals surface area contributed by atoms with Crippen LogP contribution in [0.3, 0.4) is 0 Å². The van der Waals surface area contributed by atoms with E-state index in [1.807, 2.05) is 0 Å². The van der Waals surface area contributed by atoms with Crippen molar-refractivity contribution in [2.24, 2.45) is 0 Å². The third kappa shape index (κ3) is 4.52. The van der Waals surface area contributed by atoms with Crippen LogP contribution < -0.4 is 15.4 Å². The first-order valence-electron chi connectivity index (χ1n) is 7.13. The molecule has 0 aliphatic rings. The Bertz CT molecular complexity index is 730. The summed E-state index contributed by atoms with van der Waals surface area (Å²) < 4.78 is 32.0. The van der Waals surface area contributed by atoms with Crippen LogP contribution in [0.1, 0.15) is 12.0 Å². The van der Waals surface area contributed by atoms with Gasteiger partial charge >= 0.3 is 0 Å². The van der Waals surface area contributed by atoms with Crippen LogP contribution in [0.5, 0.6) is 5.75 Å². The van der Waals surface area contributed by atoms with Crippen molar-refractivity contribution >= 4 is 17.5 Å². The second-order valence-electron chi connectivity index (χ2n) is 4.91. The molecular formula is C17H16F2N2O3. The highest BCUT2D eigenvalue weighted by Gasteiger charge is 2.15. The Morgan fingerprint density at radius 2 is 1.67 bits per heavy atom. The van der Waals surface area contributed by atoms with E-state index in [1.54, 1.807) is 24.3 Å². The molecule has 0 heterocycles. The molecule has 2 N–H and O–H groups in total. The van der Waals surface area contributed by atoms with Gasteiger partial charge in [-0.3, -0.25) is 9.59 Å². The van der Waals surface area contributed by atoms with Gasteiger partial charge in [-0.1, -0.05) is 24.3 Å². The van der Waals surface area contributed by atoms with E-state index in [0.29, 0.717) is 5.75 Å². The van der Waals surface area contributed by atoms with Crippen molar-refractivity contribution in [3.8, 4) is 5.75 Å². The fourth-order valence-electron chi connectivity index (χ4n) is 2.05. The topological polar surface area (TPSA) is 67.4 Å². The van der Waals surface area contributed by atoms with Crippen molar-refractivity contribution in [1.82, 2.24) is 5.32 Å². The van der Waals surface area contributed by atoms with E-state index in [4.69, 9.17) is 4.74 Å². The van der Waals surface area contributed by atoms with Gasteiger partial charge in [-0.2, -0.15) is 0 Å². The van der Waals surface area contributed by atoms with Crippen LogP contribution in [0.4, 0.5) is 14.5 Å². The Kier molecular flexibility index (Phi) is 5.83. The SMILES string of the molecule is COc1ccccc1CNC(=O)CC(=O)Nc1c(F)cccc1F. The molecule has 0 saturated heterocycles. The highest BCUT2D eigenvalue weighted by molar-refractivity contribution is 6.03. The molecule has 0 unspecified atom stereocenters. The minimum atomic E-state index is -0.905. The molecule has 24 heavy (non-hydrogen) atoms. The number of halogens is 2. The van der Waals surface area contributed by atoms with E-state index < -0.39 is 35.6 Å². The number of anilines is 1. The molecular weight excluding hydrogens is 318 g/mol. The molecule has 2 aromatic rings. The van der Waals surface area contributed by atoms with Gasteiger partial charge < -0.3 is 15.4 Å². The predicted molar refractivity (Wildman–Crippen MR) is 84.4 cm³/mol. The monoisotopic (exact) mass is 334 g/mol. The van der Waals surface area contributed by atoms with Crippen molar-refractivity contribution in [2.75, 3.05) is 12.4 Å². The third-order valence-corrected chi connectivity index (χ3v) is 3.22. The maximum Gasteiger partial charge on any atom is 0.233 e. The number of amides is 2. The number of carbonyl (C=O) groups is 2. The van der Waals surface area contributed by atoms with E-state index in [2.05, 4.69) is 10.6 Å². The Morgan fingerprint density at radius 3 is 2.33 bits per heavy atom. The molecule has 0 bridgehead atoms. The summed E-state index contributed by atoms with van der Waals surface area (Å²) in [5.74, 6) is -2.59. The lowest BCUT2D eigenvalue weighted by atomic mass is 10.2. The largest absolute Gasteiger partial charge is 0.496 e. The van der Waals surface area contributed by atoms with Gasteiger partial charge in [0.25, 0.3) is 0 Å². The molecule has 2 aromatic carbocycles. The molecule has 5 nitrogen and oxygen atoms in total. The number of carbonyl (C=O) groups excluding carboxylic acids is 2. The fraction of sp³-hybridized carbons (Fsp3) is 0.176. The van der Waals surface area contributed by atoms with Gasteiger partial charge in [-0.05, 0) is 18.2 Å². The maximum atomic E-state index is 13.4. The van der Waals surface area contributed by atoms with Crippen molar-refractivity contribution in [3.05, 3.63) is 59.7 Å². The van der Waals surface area contributed by atoms with Crippen molar-refractivity contribution in [3.63, 3.8) is 0 Å². The standard InChI is InChI=1S/C17H16F2N2O3/c1-24-14-8-3-2-5-11(14)10-20-15(22)9-16(23)21-17-12(18)6-4-7-13(17)19/h2-8H,9-10H2,1H3,(H,20,22)(H,21,23). The number of hydrogen-bond acceptors (Lipinski definition) is 3. The smallest absolute Gasteiger partial charge is 0.233 e. The minimum absolute atomic E-state index is 0.171. The zero-order valence-corrected chi connectivity index (χ0v) is 12.9. The van der Waals surface area contributed by atoms with E-state index in [9.17, 15) is 18.4 Å². The highest BCUT2D eigenvalue weighted by Crippen LogP contribution is 2.18. The van der Waals surface area contributed by atoms with Crippen molar-refractivity contribution in [1.29, 1.82) is 0 Å². The summed E-state index contributed by atoms with van der Waals surface area (Å²) in [6.07, 6.45) is -0.553. The summed E-state index contributed by atoms with van der Waals surface area (Å²) in [6.45, 7) is 0.171. The average molecular weight is 334 g/mol. The lowest BCUT2D eigenvalue weighted by Gasteiger charge is -2.10. The number of benzene rings is 2. The van der Waals surface area contributed by atoms with Gasteiger partial charge in [-0.15, -0.1) is 0 Å². The number of rotatable bonds is 6. The first kappa shape index (κ1) is 17.4. The van der Waals surface area contributed by atoms with Crippen LogP contribution >= 0.6 is 0 Å². The Hall–Kier alpha value is -2.96. The maximum absolute atomic E-state index is 13.4. The summed E-state index contributed by atoms with van der Waals surface area (Å²) in [5, 5.41) is 4.61. The molecule has 0 aliphatic heterocycles. The van der Waals surface area contributed by atoms with E-state index >= 15 is 0 Å². The second-order valence-corrected chi connectivity index (χ2v) is 4.91. The normalized spacial score (nSPS) is 10.1. The molecule has 2 rings (SSSR count). The van der Waals surface area contributed by atoms with Gasteiger partial charge in [0.05, 0.1) is 7.11 Å². The van der Waals surface area contributed by atoms with Gasteiger partial charge in [0, 0.05) is 12.1 Å². The molecule has 2 amide bonds. The fourth-order valence-corrected chi connectivity index (χ4v) is 2.05. The van der Waals surface area contributed by atoms with E-state index in [-0.39, 0.29) is 6.54 Å². The first-order valence-corrected chi connectivity index (χ1v) is 7.13. The van der Waals surface area contributed by atoms with Crippen molar-refractivity contribution < 1.29 is 23.1 Å². The number of para-hydroxylation sites is 2. The average Bonchev–Trinajstić information content (AvgIpc) is 2.56. The van der Waals surface area contributed by atoms with Gasteiger partial charge in [0.15, 0.2) is 0 Å². The highest BCUT2D eigenvalue weighted by atomic mass is 19.1. The second kappa shape index (κ2) is 8.05. The Labute approximate surface area is 137 Å². The first-order chi connectivity index (χ1) is 11.5. The van der Waals surface area contributed by atoms with Gasteiger partial charge in [0.2, 0.25) is 11.8 Å². The molecule has 0 aliphatic carbocycles. The van der Waals surface area contributed by atoms with Crippen LogP contribution in [0.15, 0.2) is 42.5 Å². The van der Waals surface area contributed by atoms with Crippen LogP contribution in [0, 0.1) is 11.6 Å². The molecule has 0 fully saturated rings. The zero-order chi connectivity index (χ0) is 17.5. The van der Waals surface area contributed by atoms with Crippen LogP contribution in [-0.4, -0.2) is 18.9 Å². The van der Waals surface area contributed by atoms with Crippen LogP contribution in [-0.2, 0) is 16.1 Å². The number of hydrogen-bond donors (Lipinski definition) is 2. The lowest BCUT2D eigenvalue weighted by molar-refractivity contribution is -0.126. The summed E-state index contributed by atoms with van der Waals surface area (Å²) in [7, 11) is 1.51. The zero-order valence-electron chi connectivity index (χ0n) is 12.9. The summed E-state index contributed by atoms with van der Waals surface area (Å²) in [5.41, 5.74) is 0.175. The molecule has 0 spiro atoms. The van der Waals surface area contributed by atoms with Crippen LogP contribution in [0.2, 0.25) is 0 Å². The minimum Gasteiger partial charge on any atom is -0.496 e. The number of methoxy groups -OCH3 is 1. The molecule has 0 radical (unpaired) electrons. The van der Waals surface area contributed by atoms with Gasteiger partial charge in [-0.25, -0.2) is 8.78 Å². The molecule has 7 heteroatoms. The van der Waals surface area contributed by atoms with Crippen molar-refractivity contribution in [2.45, 2.75) is 13.0 Å². The molecule has 0 saturated carbocycles. The van der Waals surface area contributed by atoms with E-state index in [1.165, 1.54) is 13.2 Å². The number of nitrogens with one attached hydrogen (secondary N) is 2. The van der Waals surface area contributed by atoms with E-state index in [0.717, 1.165) is 17.7 Å². The molecule has 126 valence electrons. The third-order valence-electron chi connectivity index (χ3n) is 3.22. The number of ether oxygens (including phenoxy) is 1. The molecule has 0 aromatic heterocycles. The lowest BCUT2D eigenvalue weighted by Crippen LogP contribution is -2.28. The Balaban J connectivity index is 1.89. The van der Waals surface area contributed by atoms with Crippen LogP contribution in [0.25, 0.3) is 0 Å². The predicted octanol–water partition coefficient (Wildman–Crippen LogP) is 2.62. The quantitative estimate of drug-likeness (QED) is 0.798.